The topological polar surface area (TPSA) is 46.5 Å². The van der Waals surface area contributed by atoms with Crippen molar-refractivity contribution in [2.24, 2.45) is 11.8 Å². The van der Waals surface area contributed by atoms with Gasteiger partial charge in [-0.15, -0.1) is 0 Å². The zero-order chi connectivity index (χ0) is 11.1. The van der Waals surface area contributed by atoms with E-state index >= 15 is 0 Å². The Kier molecular flexibility index (Phi) is 6.75. The molecule has 1 N–H and O–H groups in total. The molecule has 0 radical (unpaired) electrons. The van der Waals surface area contributed by atoms with Gasteiger partial charge >= 0.3 is 0 Å². The molecule has 2 unspecified atom stereocenters. The normalized spacial score (nSPS) is 15.6. The van der Waals surface area contributed by atoms with Gasteiger partial charge < -0.3 is 9.84 Å². The number of aliphatic hydroxyl groups excluding tert-OH is 1. The second kappa shape index (κ2) is 6.96. The van der Waals surface area contributed by atoms with Crippen molar-refractivity contribution in [3.05, 3.63) is 0 Å². The highest BCUT2D eigenvalue weighted by Crippen LogP contribution is 2.18. The van der Waals surface area contributed by atoms with Gasteiger partial charge in [-0.05, 0) is 26.2 Å². The van der Waals surface area contributed by atoms with Gasteiger partial charge in [0.1, 0.15) is 5.78 Å². The number of ether oxygens (including phenoxy) is 1. The van der Waals surface area contributed by atoms with E-state index in [-0.39, 0.29) is 17.6 Å². The lowest BCUT2D eigenvalue weighted by Gasteiger charge is -2.20. The van der Waals surface area contributed by atoms with E-state index in [0.717, 1.165) is 0 Å². The lowest BCUT2D eigenvalue weighted by molar-refractivity contribution is -0.123. The molecule has 0 aromatic heterocycles. The fourth-order valence-corrected chi connectivity index (χ4v) is 1.52. The summed E-state index contributed by atoms with van der Waals surface area (Å²) in [6.07, 6.45) is -0.0150. The number of carbonyl (C=O) groups is 1. The van der Waals surface area contributed by atoms with E-state index < -0.39 is 6.10 Å². The van der Waals surface area contributed by atoms with Crippen molar-refractivity contribution in [2.45, 2.75) is 40.2 Å². The maximum Gasteiger partial charge on any atom is 0.133 e. The van der Waals surface area contributed by atoms with E-state index in [0.29, 0.717) is 19.6 Å². The summed E-state index contributed by atoms with van der Waals surface area (Å²) < 4.78 is 5.09. The third kappa shape index (κ3) is 5.35. The van der Waals surface area contributed by atoms with Crippen molar-refractivity contribution in [1.82, 2.24) is 0 Å². The van der Waals surface area contributed by atoms with Crippen LogP contribution in [-0.2, 0) is 9.53 Å². The summed E-state index contributed by atoms with van der Waals surface area (Å²) in [6.45, 7) is 8.39. The molecule has 0 saturated carbocycles. The maximum atomic E-state index is 11.2. The lowest BCUT2D eigenvalue weighted by atomic mass is 9.87. The molecule has 0 bridgehead atoms. The molecule has 0 aliphatic heterocycles. The molecular formula is C11H22O3. The van der Waals surface area contributed by atoms with Gasteiger partial charge in [-0.1, -0.05) is 13.8 Å². The molecular weight excluding hydrogens is 180 g/mol. The molecule has 3 heteroatoms. The van der Waals surface area contributed by atoms with Crippen molar-refractivity contribution in [2.75, 3.05) is 13.2 Å². The number of rotatable bonds is 7. The molecule has 0 fully saturated rings. The van der Waals surface area contributed by atoms with Gasteiger partial charge in [0.2, 0.25) is 0 Å². The van der Waals surface area contributed by atoms with Crippen molar-refractivity contribution >= 4 is 5.78 Å². The van der Waals surface area contributed by atoms with Crippen LogP contribution in [0.5, 0.6) is 0 Å². The third-order valence-corrected chi connectivity index (χ3v) is 2.37. The standard InChI is InChI=1S/C11H22O3/c1-5-14-7-10(13)6-11(8(2)3)9(4)12/h8,10-11,13H,5-7H2,1-4H3. The highest BCUT2D eigenvalue weighted by atomic mass is 16.5. The third-order valence-electron chi connectivity index (χ3n) is 2.37. The van der Waals surface area contributed by atoms with Crippen molar-refractivity contribution < 1.29 is 14.6 Å². The van der Waals surface area contributed by atoms with Crippen LogP contribution in [0.1, 0.15) is 34.1 Å². The molecule has 3 nitrogen and oxygen atoms in total. The second-order valence-corrected chi connectivity index (χ2v) is 4.01. The number of Topliss-reactive ketones (excluding diaryl/α,β-unsaturated/α-hetero) is 1. The number of ketones is 1. The molecule has 0 saturated heterocycles. The highest BCUT2D eigenvalue weighted by molar-refractivity contribution is 5.78. The average Bonchev–Trinajstić information content (AvgIpc) is 2.09. The Hall–Kier alpha value is -0.410. The van der Waals surface area contributed by atoms with Crippen LogP contribution in [0.2, 0.25) is 0 Å². The second-order valence-electron chi connectivity index (χ2n) is 4.01. The Labute approximate surface area is 86.5 Å². The van der Waals surface area contributed by atoms with Crippen LogP contribution in [0.15, 0.2) is 0 Å². The quantitative estimate of drug-likeness (QED) is 0.682. The van der Waals surface area contributed by atoms with E-state index in [1.54, 1.807) is 6.92 Å². The Morgan fingerprint density at radius 3 is 2.36 bits per heavy atom. The SMILES string of the molecule is CCOCC(O)CC(C(C)=O)C(C)C. The summed E-state index contributed by atoms with van der Waals surface area (Å²) in [7, 11) is 0. The van der Waals surface area contributed by atoms with Gasteiger partial charge in [-0.3, -0.25) is 4.79 Å². The Balaban J connectivity index is 3.96. The first kappa shape index (κ1) is 13.6. The molecule has 14 heavy (non-hydrogen) atoms. The fraction of sp³-hybridized carbons (Fsp3) is 0.909. The first-order valence-corrected chi connectivity index (χ1v) is 5.25. The summed E-state index contributed by atoms with van der Waals surface area (Å²) in [6, 6.07) is 0. The average molecular weight is 202 g/mol. The predicted molar refractivity (Wildman–Crippen MR) is 56.1 cm³/mol. The van der Waals surface area contributed by atoms with Crippen molar-refractivity contribution in [3.63, 3.8) is 0 Å². The van der Waals surface area contributed by atoms with Crippen LogP contribution in [0.25, 0.3) is 0 Å². The molecule has 0 aliphatic rings. The van der Waals surface area contributed by atoms with Crippen LogP contribution in [0.3, 0.4) is 0 Å². The summed E-state index contributed by atoms with van der Waals surface area (Å²) in [5.41, 5.74) is 0. The Morgan fingerprint density at radius 2 is 2.00 bits per heavy atom. The zero-order valence-electron chi connectivity index (χ0n) is 9.62. The molecule has 2 atom stereocenters. The van der Waals surface area contributed by atoms with Crippen LogP contribution in [-0.4, -0.2) is 30.2 Å². The van der Waals surface area contributed by atoms with Crippen LogP contribution >= 0.6 is 0 Å². The smallest absolute Gasteiger partial charge is 0.133 e. The first-order valence-electron chi connectivity index (χ1n) is 5.25. The molecule has 0 heterocycles. The van der Waals surface area contributed by atoms with E-state index in [1.807, 2.05) is 20.8 Å². The van der Waals surface area contributed by atoms with Gasteiger partial charge in [-0.2, -0.15) is 0 Å². The monoisotopic (exact) mass is 202 g/mol. The predicted octanol–water partition coefficient (Wildman–Crippen LogP) is 1.64. The van der Waals surface area contributed by atoms with Crippen LogP contribution in [0.4, 0.5) is 0 Å². The Morgan fingerprint density at radius 1 is 1.43 bits per heavy atom. The zero-order valence-corrected chi connectivity index (χ0v) is 9.62. The highest BCUT2D eigenvalue weighted by Gasteiger charge is 2.21. The largest absolute Gasteiger partial charge is 0.391 e. The first-order chi connectivity index (χ1) is 6.49. The summed E-state index contributed by atoms with van der Waals surface area (Å²) in [5, 5.41) is 9.57. The number of hydrogen-bond donors (Lipinski definition) is 1. The lowest BCUT2D eigenvalue weighted by Crippen LogP contribution is -2.26. The number of aliphatic hydroxyl groups is 1. The van der Waals surface area contributed by atoms with Gasteiger partial charge in [0.15, 0.2) is 0 Å². The molecule has 0 amide bonds. The number of carbonyl (C=O) groups excluding carboxylic acids is 1. The van der Waals surface area contributed by atoms with Crippen molar-refractivity contribution in [1.29, 1.82) is 0 Å². The van der Waals surface area contributed by atoms with Gasteiger partial charge in [0, 0.05) is 12.5 Å². The van der Waals surface area contributed by atoms with Gasteiger partial charge in [0.25, 0.3) is 0 Å². The molecule has 0 rings (SSSR count). The minimum atomic E-state index is -0.522. The summed E-state index contributed by atoms with van der Waals surface area (Å²) in [5.74, 6) is 0.379. The maximum absolute atomic E-state index is 11.2. The molecule has 84 valence electrons. The van der Waals surface area contributed by atoms with Crippen molar-refractivity contribution in [3.8, 4) is 0 Å². The minimum Gasteiger partial charge on any atom is -0.391 e. The Bertz CT molecular complexity index is 166. The minimum absolute atomic E-state index is 0.0505. The fourth-order valence-electron chi connectivity index (χ4n) is 1.52. The van der Waals surface area contributed by atoms with E-state index in [1.165, 1.54) is 0 Å². The molecule has 0 aromatic rings. The molecule has 0 aromatic carbocycles. The summed E-state index contributed by atoms with van der Waals surface area (Å²) in [4.78, 5) is 11.2. The summed E-state index contributed by atoms with van der Waals surface area (Å²) >= 11 is 0. The molecule has 0 spiro atoms. The van der Waals surface area contributed by atoms with E-state index in [2.05, 4.69) is 0 Å². The number of hydrogen-bond acceptors (Lipinski definition) is 3. The van der Waals surface area contributed by atoms with E-state index in [4.69, 9.17) is 4.74 Å². The molecule has 0 aliphatic carbocycles. The van der Waals surface area contributed by atoms with Crippen LogP contribution in [0, 0.1) is 11.8 Å². The van der Waals surface area contributed by atoms with Gasteiger partial charge in [-0.25, -0.2) is 0 Å². The van der Waals surface area contributed by atoms with Crippen LogP contribution < -0.4 is 0 Å². The van der Waals surface area contributed by atoms with Gasteiger partial charge in [0.05, 0.1) is 12.7 Å². The van der Waals surface area contributed by atoms with E-state index in [9.17, 15) is 9.90 Å².